The van der Waals surface area contributed by atoms with E-state index in [0.717, 1.165) is 27.6 Å². The van der Waals surface area contributed by atoms with Crippen LogP contribution in [0.1, 0.15) is 20.8 Å². The molecule has 2 aliphatic rings. The van der Waals surface area contributed by atoms with Gasteiger partial charge < -0.3 is 0 Å². The standard InChI is InChI=1S/C8H13N4PS3/c1-4-11(5-2)13-12-7(9-8(14)16-13)15-6(3)10-12/h4-5H2,1-3H3. The summed E-state index contributed by atoms with van der Waals surface area (Å²) >= 11 is 8.51. The fraction of sp³-hybridized carbons (Fsp3) is 0.625. The molecule has 1 unspecified atom stereocenters. The fourth-order valence-corrected chi connectivity index (χ4v) is 7.16. The second-order valence-electron chi connectivity index (χ2n) is 3.15. The van der Waals surface area contributed by atoms with E-state index in [1.165, 1.54) is 0 Å². The summed E-state index contributed by atoms with van der Waals surface area (Å²) < 4.78 is 5.17. The van der Waals surface area contributed by atoms with Crippen LogP contribution in [0.5, 0.6) is 0 Å². The SMILES string of the molecule is CCN(CC)P1SC(=S)N=C2SC(C)=NN21. The lowest BCUT2D eigenvalue weighted by molar-refractivity contribution is 0.488. The smallest absolute Gasteiger partial charge is 0.197 e. The summed E-state index contributed by atoms with van der Waals surface area (Å²) in [6.07, 6.45) is 0. The molecule has 2 rings (SSSR count). The van der Waals surface area contributed by atoms with E-state index < -0.39 is 7.42 Å². The van der Waals surface area contributed by atoms with Crippen LogP contribution in [0.3, 0.4) is 0 Å². The Hall–Kier alpha value is 0.320. The number of hydrazone groups is 1. The van der Waals surface area contributed by atoms with E-state index in [0.29, 0.717) is 0 Å². The Balaban J connectivity index is 2.26. The minimum atomic E-state index is -0.539. The van der Waals surface area contributed by atoms with Gasteiger partial charge in [-0.25, -0.2) is 4.99 Å². The molecule has 0 saturated carbocycles. The van der Waals surface area contributed by atoms with Crippen LogP contribution in [0.25, 0.3) is 0 Å². The second kappa shape index (κ2) is 5.31. The van der Waals surface area contributed by atoms with Crippen LogP contribution in [-0.2, 0) is 0 Å². The van der Waals surface area contributed by atoms with Crippen molar-refractivity contribution in [1.82, 2.24) is 9.45 Å². The molecule has 0 aromatic rings. The van der Waals surface area contributed by atoms with Gasteiger partial charge in [-0.15, -0.1) is 0 Å². The van der Waals surface area contributed by atoms with E-state index in [1.54, 1.807) is 23.1 Å². The lowest BCUT2D eigenvalue weighted by Gasteiger charge is -2.34. The Labute approximate surface area is 111 Å². The number of nitrogens with zero attached hydrogens (tertiary/aromatic N) is 4. The molecule has 0 spiro atoms. The van der Waals surface area contributed by atoms with Crippen LogP contribution >= 0.6 is 42.8 Å². The maximum atomic E-state index is 5.23. The first-order chi connectivity index (χ1) is 7.65. The first kappa shape index (κ1) is 12.8. The van der Waals surface area contributed by atoms with Crippen LogP contribution in [0.15, 0.2) is 10.1 Å². The van der Waals surface area contributed by atoms with Gasteiger partial charge in [0.25, 0.3) is 0 Å². The number of amidine groups is 1. The molecule has 16 heavy (non-hydrogen) atoms. The number of hydrogen-bond acceptors (Lipinski definition) is 6. The highest BCUT2D eigenvalue weighted by Crippen LogP contribution is 2.61. The number of aliphatic imine (C=N–C) groups is 1. The van der Waals surface area contributed by atoms with Crippen LogP contribution in [0.4, 0.5) is 0 Å². The van der Waals surface area contributed by atoms with Gasteiger partial charge in [-0.3, -0.25) is 4.67 Å². The maximum absolute atomic E-state index is 5.23. The molecule has 1 atom stereocenters. The topological polar surface area (TPSA) is 31.2 Å². The molecule has 88 valence electrons. The van der Waals surface area contributed by atoms with Crippen molar-refractivity contribution in [3.05, 3.63) is 0 Å². The average molecular weight is 292 g/mol. The van der Waals surface area contributed by atoms with Crippen LogP contribution < -0.4 is 0 Å². The van der Waals surface area contributed by atoms with Crippen molar-refractivity contribution in [1.29, 1.82) is 0 Å². The van der Waals surface area contributed by atoms with Crippen LogP contribution in [0.2, 0.25) is 0 Å². The Morgan fingerprint density at radius 1 is 1.44 bits per heavy atom. The highest BCUT2D eigenvalue weighted by molar-refractivity contribution is 8.64. The zero-order chi connectivity index (χ0) is 11.7. The summed E-state index contributed by atoms with van der Waals surface area (Å²) in [6, 6.07) is 0. The number of hydrogen-bond donors (Lipinski definition) is 0. The minimum Gasteiger partial charge on any atom is -0.256 e. The van der Waals surface area contributed by atoms with Gasteiger partial charge in [0.15, 0.2) is 16.9 Å². The first-order valence-corrected chi connectivity index (χ1v) is 8.93. The van der Waals surface area contributed by atoms with E-state index >= 15 is 0 Å². The number of thioether (sulfide) groups is 1. The maximum Gasteiger partial charge on any atom is 0.197 e. The molecule has 2 aliphatic heterocycles. The van der Waals surface area contributed by atoms with Crippen molar-refractivity contribution in [3.63, 3.8) is 0 Å². The van der Waals surface area contributed by atoms with Crippen molar-refractivity contribution < 1.29 is 0 Å². The summed E-state index contributed by atoms with van der Waals surface area (Å²) in [7, 11) is -0.539. The lowest BCUT2D eigenvalue weighted by atomic mass is 10.7. The normalized spacial score (nSPS) is 24.6. The number of thiocarbonyl (C=S) groups is 1. The molecule has 4 nitrogen and oxygen atoms in total. The van der Waals surface area contributed by atoms with Gasteiger partial charge in [-0.05, 0) is 42.3 Å². The molecule has 0 bridgehead atoms. The molecule has 0 fully saturated rings. The van der Waals surface area contributed by atoms with Crippen molar-refractivity contribution >= 4 is 57.3 Å². The van der Waals surface area contributed by atoms with Crippen molar-refractivity contribution in [2.24, 2.45) is 10.1 Å². The monoisotopic (exact) mass is 292 g/mol. The van der Waals surface area contributed by atoms with Gasteiger partial charge >= 0.3 is 0 Å². The molecule has 0 amide bonds. The van der Waals surface area contributed by atoms with Crippen LogP contribution in [-0.4, -0.2) is 37.1 Å². The fourth-order valence-electron chi connectivity index (χ4n) is 1.40. The predicted octanol–water partition coefficient (Wildman–Crippen LogP) is 3.33. The number of fused-ring (bicyclic) bond motifs is 1. The third kappa shape index (κ3) is 2.43. The predicted molar refractivity (Wildman–Crippen MR) is 80.0 cm³/mol. The van der Waals surface area contributed by atoms with Gasteiger partial charge in [0.2, 0.25) is 0 Å². The van der Waals surface area contributed by atoms with Gasteiger partial charge in [0, 0.05) is 13.1 Å². The quantitative estimate of drug-likeness (QED) is 0.588. The highest BCUT2D eigenvalue weighted by Gasteiger charge is 2.37. The second-order valence-corrected chi connectivity index (χ2v) is 8.51. The first-order valence-electron chi connectivity index (χ1n) is 5.04. The summed E-state index contributed by atoms with van der Waals surface area (Å²) in [5.74, 6) is 0. The summed E-state index contributed by atoms with van der Waals surface area (Å²) in [5, 5.41) is 6.52. The summed E-state index contributed by atoms with van der Waals surface area (Å²) in [4.78, 5) is 4.37. The zero-order valence-electron chi connectivity index (χ0n) is 9.38. The van der Waals surface area contributed by atoms with E-state index in [1.807, 2.05) is 11.7 Å². The molecular formula is C8H13N4PS3. The molecule has 2 heterocycles. The van der Waals surface area contributed by atoms with E-state index in [9.17, 15) is 0 Å². The largest absolute Gasteiger partial charge is 0.256 e. The van der Waals surface area contributed by atoms with Gasteiger partial charge in [-0.2, -0.15) is 9.88 Å². The van der Waals surface area contributed by atoms with Crippen molar-refractivity contribution in [3.8, 4) is 0 Å². The third-order valence-corrected chi connectivity index (χ3v) is 8.03. The van der Waals surface area contributed by atoms with Gasteiger partial charge in [-0.1, -0.05) is 13.8 Å². The average Bonchev–Trinajstić information content (AvgIpc) is 2.60. The Bertz CT molecular complexity index is 366. The molecule has 0 aromatic carbocycles. The van der Waals surface area contributed by atoms with Gasteiger partial charge in [0.05, 0.1) is 5.04 Å². The van der Waals surface area contributed by atoms with Crippen molar-refractivity contribution in [2.75, 3.05) is 13.1 Å². The highest BCUT2D eigenvalue weighted by atomic mass is 32.7. The molecule has 0 aliphatic carbocycles. The summed E-state index contributed by atoms with van der Waals surface area (Å²) in [5.41, 5.74) is 0. The Kier molecular flexibility index (Phi) is 4.24. The zero-order valence-corrected chi connectivity index (χ0v) is 12.7. The van der Waals surface area contributed by atoms with E-state index in [2.05, 4.69) is 28.6 Å². The Morgan fingerprint density at radius 2 is 2.12 bits per heavy atom. The van der Waals surface area contributed by atoms with Gasteiger partial charge in [0.1, 0.15) is 0 Å². The molecule has 0 N–H and O–H groups in total. The molecule has 0 radical (unpaired) electrons. The van der Waals surface area contributed by atoms with E-state index in [-0.39, 0.29) is 0 Å². The Morgan fingerprint density at radius 3 is 2.75 bits per heavy atom. The van der Waals surface area contributed by atoms with E-state index in [4.69, 9.17) is 12.2 Å². The van der Waals surface area contributed by atoms with Crippen molar-refractivity contribution in [2.45, 2.75) is 20.8 Å². The van der Waals surface area contributed by atoms with Crippen LogP contribution in [0, 0.1) is 0 Å². The number of rotatable bonds is 3. The third-order valence-electron chi connectivity index (χ3n) is 2.13. The lowest BCUT2D eigenvalue weighted by Crippen LogP contribution is -2.28. The molecular weight excluding hydrogens is 279 g/mol. The summed E-state index contributed by atoms with van der Waals surface area (Å²) in [6.45, 7) is 8.37. The molecule has 8 heteroatoms. The molecule has 0 saturated heterocycles. The molecule has 0 aromatic heterocycles. The minimum absolute atomic E-state index is 0.539.